The van der Waals surface area contributed by atoms with Crippen LogP contribution in [-0.2, 0) is 9.47 Å². The van der Waals surface area contributed by atoms with Crippen molar-refractivity contribution in [3.8, 4) is 0 Å². The molecule has 0 bridgehead atoms. The van der Waals surface area contributed by atoms with Gasteiger partial charge in [-0.15, -0.1) is 0 Å². The highest BCUT2D eigenvalue weighted by atomic mass is 16.7. The van der Waals surface area contributed by atoms with E-state index in [2.05, 4.69) is 32.9 Å². The molecular weight excluding hydrogens is 200 g/mol. The monoisotopic (exact) mass is 220 g/mol. The molecule has 2 heteroatoms. The van der Waals surface area contributed by atoms with Gasteiger partial charge >= 0.3 is 0 Å². The van der Waals surface area contributed by atoms with Crippen LogP contribution in [-0.4, -0.2) is 19.5 Å². The second-order valence-corrected chi connectivity index (χ2v) is 6.09. The van der Waals surface area contributed by atoms with Gasteiger partial charge in [-0.25, -0.2) is 0 Å². The molecule has 0 spiro atoms. The quantitative estimate of drug-likeness (QED) is 0.624. The van der Waals surface area contributed by atoms with Crippen molar-refractivity contribution in [1.82, 2.24) is 0 Å². The van der Waals surface area contributed by atoms with Crippen molar-refractivity contribution in [1.29, 1.82) is 0 Å². The van der Waals surface area contributed by atoms with Gasteiger partial charge in [0.2, 0.25) is 0 Å². The van der Waals surface area contributed by atoms with E-state index in [9.17, 15) is 0 Å². The second-order valence-electron chi connectivity index (χ2n) is 6.09. The van der Waals surface area contributed by atoms with Gasteiger partial charge in [-0.1, -0.05) is 32.9 Å². The summed E-state index contributed by atoms with van der Waals surface area (Å²) in [7, 11) is 0. The van der Waals surface area contributed by atoms with Crippen LogP contribution in [0.2, 0.25) is 0 Å². The van der Waals surface area contributed by atoms with Gasteiger partial charge < -0.3 is 9.47 Å². The zero-order valence-corrected chi connectivity index (χ0v) is 10.4. The van der Waals surface area contributed by atoms with Crippen LogP contribution in [0.3, 0.4) is 0 Å². The summed E-state index contributed by atoms with van der Waals surface area (Å²) in [6, 6.07) is 0. The summed E-state index contributed by atoms with van der Waals surface area (Å²) >= 11 is 0. The SMILES string of the molecule is CC1(C)CCC=C2C1=C[C@@H]1OCOC[C@]21C. The molecule has 2 aliphatic carbocycles. The Hall–Kier alpha value is -0.600. The maximum absolute atomic E-state index is 5.75. The van der Waals surface area contributed by atoms with Crippen LogP contribution in [0.4, 0.5) is 0 Å². The van der Waals surface area contributed by atoms with E-state index < -0.39 is 0 Å². The first-order chi connectivity index (χ1) is 7.54. The lowest BCUT2D eigenvalue weighted by Gasteiger charge is -2.40. The zero-order valence-electron chi connectivity index (χ0n) is 10.4. The van der Waals surface area contributed by atoms with E-state index in [-0.39, 0.29) is 11.5 Å². The minimum Gasteiger partial charge on any atom is -0.354 e. The molecule has 1 aliphatic heterocycles. The average Bonchev–Trinajstić information content (AvgIpc) is 2.53. The molecule has 0 N–H and O–H groups in total. The highest BCUT2D eigenvalue weighted by molar-refractivity contribution is 5.50. The first-order valence-corrected chi connectivity index (χ1v) is 6.17. The molecule has 0 radical (unpaired) electrons. The smallest absolute Gasteiger partial charge is 0.147 e. The first-order valence-electron chi connectivity index (χ1n) is 6.17. The number of ether oxygens (including phenoxy) is 2. The Kier molecular flexibility index (Phi) is 2.11. The maximum Gasteiger partial charge on any atom is 0.147 e. The summed E-state index contributed by atoms with van der Waals surface area (Å²) < 4.78 is 11.3. The summed E-state index contributed by atoms with van der Waals surface area (Å²) in [5, 5.41) is 0. The van der Waals surface area contributed by atoms with Crippen molar-refractivity contribution < 1.29 is 9.47 Å². The topological polar surface area (TPSA) is 18.5 Å². The lowest BCUT2D eigenvalue weighted by molar-refractivity contribution is -0.172. The van der Waals surface area contributed by atoms with Crippen LogP contribution < -0.4 is 0 Å². The van der Waals surface area contributed by atoms with Crippen molar-refractivity contribution in [2.45, 2.75) is 39.7 Å². The fraction of sp³-hybridized carbons (Fsp3) is 0.714. The average molecular weight is 220 g/mol. The molecule has 3 aliphatic rings. The van der Waals surface area contributed by atoms with Gasteiger partial charge in [-0.3, -0.25) is 0 Å². The minimum atomic E-state index is 0.0608. The van der Waals surface area contributed by atoms with Crippen LogP contribution in [0, 0.1) is 10.8 Å². The molecule has 0 aromatic heterocycles. The van der Waals surface area contributed by atoms with E-state index in [1.807, 2.05) is 0 Å². The summed E-state index contributed by atoms with van der Waals surface area (Å²) in [5.74, 6) is 0. The molecule has 1 saturated heterocycles. The van der Waals surface area contributed by atoms with E-state index in [1.54, 1.807) is 0 Å². The van der Waals surface area contributed by atoms with E-state index in [1.165, 1.54) is 24.0 Å². The molecule has 2 atom stereocenters. The Morgan fingerprint density at radius 1 is 1.25 bits per heavy atom. The molecule has 1 heterocycles. The van der Waals surface area contributed by atoms with Gasteiger partial charge in [-0.2, -0.15) is 0 Å². The van der Waals surface area contributed by atoms with Crippen LogP contribution in [0.15, 0.2) is 23.3 Å². The number of allylic oxidation sites excluding steroid dienone is 2. The van der Waals surface area contributed by atoms with Gasteiger partial charge in [0.25, 0.3) is 0 Å². The Labute approximate surface area is 97.3 Å². The van der Waals surface area contributed by atoms with Crippen molar-refractivity contribution in [3.63, 3.8) is 0 Å². The Bertz CT molecular complexity index is 378. The van der Waals surface area contributed by atoms with E-state index in [0.717, 1.165) is 6.61 Å². The summed E-state index contributed by atoms with van der Waals surface area (Å²) in [6.07, 6.45) is 7.39. The van der Waals surface area contributed by atoms with Crippen molar-refractivity contribution in [3.05, 3.63) is 23.3 Å². The van der Waals surface area contributed by atoms with Crippen molar-refractivity contribution >= 4 is 0 Å². The van der Waals surface area contributed by atoms with Gasteiger partial charge in [-0.05, 0) is 29.4 Å². The summed E-state index contributed by atoms with van der Waals surface area (Å²) in [5.41, 5.74) is 3.34. The number of rotatable bonds is 0. The molecule has 0 aromatic rings. The van der Waals surface area contributed by atoms with E-state index in [0.29, 0.717) is 12.2 Å². The van der Waals surface area contributed by atoms with Crippen molar-refractivity contribution in [2.75, 3.05) is 13.4 Å². The highest BCUT2D eigenvalue weighted by Gasteiger charge is 2.50. The molecule has 2 nitrogen and oxygen atoms in total. The predicted molar refractivity (Wildman–Crippen MR) is 63.0 cm³/mol. The standard InChI is InChI=1S/C14H20O2/c1-13(2)6-4-5-10-11(13)7-12-14(10,3)8-15-9-16-12/h5,7,12H,4,6,8-9H2,1-3H3/t12-,14+/m0/s1. The van der Waals surface area contributed by atoms with Crippen LogP contribution in [0.1, 0.15) is 33.6 Å². The normalized spacial score (nSPS) is 40.8. The van der Waals surface area contributed by atoms with E-state index >= 15 is 0 Å². The lowest BCUT2D eigenvalue weighted by atomic mass is 9.69. The predicted octanol–water partition coefficient (Wildman–Crippen LogP) is 3.05. The number of hydrogen-bond acceptors (Lipinski definition) is 2. The summed E-state index contributed by atoms with van der Waals surface area (Å²) in [6.45, 7) is 8.19. The third-order valence-corrected chi connectivity index (χ3v) is 4.43. The molecule has 1 fully saturated rings. The van der Waals surface area contributed by atoms with Gasteiger partial charge in [0.15, 0.2) is 0 Å². The fourth-order valence-electron chi connectivity index (χ4n) is 3.30. The Balaban J connectivity index is 2.07. The van der Waals surface area contributed by atoms with Crippen molar-refractivity contribution in [2.24, 2.45) is 10.8 Å². The highest BCUT2D eigenvalue weighted by Crippen LogP contribution is 2.54. The molecule has 88 valence electrons. The largest absolute Gasteiger partial charge is 0.354 e. The molecule has 0 amide bonds. The number of fused-ring (bicyclic) bond motifs is 3. The lowest BCUT2D eigenvalue weighted by Crippen LogP contribution is -2.41. The zero-order chi connectivity index (χ0) is 11.4. The third-order valence-electron chi connectivity index (χ3n) is 4.43. The minimum absolute atomic E-state index is 0.0608. The fourth-order valence-corrected chi connectivity index (χ4v) is 3.30. The Morgan fingerprint density at radius 3 is 2.88 bits per heavy atom. The molecule has 0 saturated carbocycles. The Morgan fingerprint density at radius 2 is 2.06 bits per heavy atom. The first kappa shape index (κ1) is 10.5. The number of hydrogen-bond donors (Lipinski definition) is 0. The maximum atomic E-state index is 5.75. The summed E-state index contributed by atoms with van der Waals surface area (Å²) in [4.78, 5) is 0. The molecule has 0 unspecified atom stereocenters. The van der Waals surface area contributed by atoms with Crippen LogP contribution in [0.25, 0.3) is 0 Å². The molecule has 0 aromatic carbocycles. The van der Waals surface area contributed by atoms with Gasteiger partial charge in [0, 0.05) is 5.41 Å². The van der Waals surface area contributed by atoms with E-state index in [4.69, 9.17) is 9.47 Å². The molecule has 3 rings (SSSR count). The van der Waals surface area contributed by atoms with Gasteiger partial charge in [0.05, 0.1) is 12.7 Å². The van der Waals surface area contributed by atoms with Gasteiger partial charge in [0.1, 0.15) is 6.79 Å². The molecular formula is C14H20O2. The second kappa shape index (κ2) is 3.21. The third kappa shape index (κ3) is 1.26. The molecule has 16 heavy (non-hydrogen) atoms. The van der Waals surface area contributed by atoms with Crippen LogP contribution >= 0.6 is 0 Å². The van der Waals surface area contributed by atoms with Crippen LogP contribution in [0.5, 0.6) is 0 Å².